The van der Waals surface area contributed by atoms with Crippen LogP contribution in [-0.2, 0) is 14.3 Å². The second kappa shape index (κ2) is 53.5. The van der Waals surface area contributed by atoms with Crippen LogP contribution < -0.4 is 5.32 Å². The van der Waals surface area contributed by atoms with Gasteiger partial charge in [0.15, 0.2) is 0 Å². The maximum absolute atomic E-state index is 13.3. The molecule has 0 aliphatic carbocycles. The van der Waals surface area contributed by atoms with Gasteiger partial charge in [0.05, 0.1) is 25.2 Å². The molecule has 6 heteroatoms. The van der Waals surface area contributed by atoms with E-state index in [9.17, 15) is 19.8 Å². The summed E-state index contributed by atoms with van der Waals surface area (Å²) in [4.78, 5) is 26.3. The first-order valence-electron chi connectivity index (χ1n) is 28.6. The predicted octanol–water partition coefficient (Wildman–Crippen LogP) is 17.6. The van der Waals surface area contributed by atoms with Gasteiger partial charge in [-0.2, -0.15) is 0 Å². The van der Waals surface area contributed by atoms with Crippen LogP contribution in [0.25, 0.3) is 0 Å². The highest BCUT2D eigenvalue weighted by Crippen LogP contribution is 2.18. The molecule has 0 bridgehead atoms. The number of aliphatic hydroxyl groups excluding tert-OH is 2. The Labute approximate surface area is 409 Å². The Balaban J connectivity index is 4.64. The van der Waals surface area contributed by atoms with E-state index in [2.05, 4.69) is 86.8 Å². The van der Waals surface area contributed by atoms with Crippen LogP contribution in [0.3, 0.4) is 0 Å². The number of hydrogen-bond donors (Lipinski definition) is 3. The summed E-state index contributed by atoms with van der Waals surface area (Å²) in [6, 6.07) is -0.717. The number of nitrogens with one attached hydrogen (secondary N) is 1. The standard InChI is InChI=1S/C60H109NO5/c1-4-7-10-13-16-19-22-25-28-30-32-35-38-41-44-47-50-53-60(65)66-56(51-48-45-42-39-36-33-31-29-26-23-20-17-14-11-8-5-2)54-59(64)61-57(55-62)58(63)52-49-46-43-40-37-34-27-24-21-18-15-12-9-6-3/h17,20,23,25-26,28-29,31,33,36,56-58,62-63H,4-16,18-19,21-22,24,27,30,32,34-35,37-55H2,1-3H3,(H,61,64)/b20-17+,26-23+,28-25+,31-29+,36-33+. The van der Waals surface area contributed by atoms with E-state index in [1.165, 1.54) is 167 Å². The van der Waals surface area contributed by atoms with Crippen molar-refractivity contribution in [2.75, 3.05) is 6.61 Å². The number of carbonyl (C=O) groups excluding carboxylic acids is 2. The van der Waals surface area contributed by atoms with Gasteiger partial charge in [0, 0.05) is 6.42 Å². The Morgan fingerprint density at radius 1 is 0.439 bits per heavy atom. The fourth-order valence-corrected chi connectivity index (χ4v) is 8.56. The van der Waals surface area contributed by atoms with Crippen LogP contribution in [0.5, 0.6) is 0 Å². The average Bonchev–Trinajstić information content (AvgIpc) is 3.31. The normalized spacial score (nSPS) is 13.6. The smallest absolute Gasteiger partial charge is 0.306 e. The molecule has 0 aromatic heterocycles. The Morgan fingerprint density at radius 3 is 1.26 bits per heavy atom. The zero-order valence-electron chi connectivity index (χ0n) is 43.8. The molecule has 1 amide bonds. The number of rotatable bonds is 51. The van der Waals surface area contributed by atoms with Gasteiger partial charge in [0.25, 0.3) is 0 Å². The van der Waals surface area contributed by atoms with Crippen LogP contribution in [0.4, 0.5) is 0 Å². The number of esters is 1. The zero-order chi connectivity index (χ0) is 48.1. The fraction of sp³-hybridized carbons (Fsp3) is 0.800. The minimum absolute atomic E-state index is 0.0498. The van der Waals surface area contributed by atoms with Crippen LogP contribution >= 0.6 is 0 Å². The second-order valence-electron chi connectivity index (χ2n) is 19.4. The summed E-state index contributed by atoms with van der Waals surface area (Å²) in [5, 5.41) is 23.9. The van der Waals surface area contributed by atoms with Crippen LogP contribution in [0.2, 0.25) is 0 Å². The van der Waals surface area contributed by atoms with Crippen molar-refractivity contribution in [3.63, 3.8) is 0 Å². The molecule has 0 aromatic carbocycles. The Kier molecular flexibility index (Phi) is 51.5. The predicted molar refractivity (Wildman–Crippen MR) is 287 cm³/mol. The molecule has 0 heterocycles. The van der Waals surface area contributed by atoms with Crippen molar-refractivity contribution in [1.82, 2.24) is 5.32 Å². The topological polar surface area (TPSA) is 95.9 Å². The second-order valence-corrected chi connectivity index (χ2v) is 19.4. The first kappa shape index (κ1) is 63.6. The molecule has 66 heavy (non-hydrogen) atoms. The van der Waals surface area contributed by atoms with Gasteiger partial charge in [-0.05, 0) is 77.0 Å². The van der Waals surface area contributed by atoms with Gasteiger partial charge in [-0.1, -0.05) is 255 Å². The molecule has 0 saturated carbocycles. The molecule has 6 nitrogen and oxygen atoms in total. The van der Waals surface area contributed by atoms with Crippen molar-refractivity contribution < 1.29 is 24.5 Å². The lowest BCUT2D eigenvalue weighted by atomic mass is 10.0. The maximum Gasteiger partial charge on any atom is 0.306 e. The largest absolute Gasteiger partial charge is 0.462 e. The summed E-state index contributed by atoms with van der Waals surface area (Å²) >= 11 is 0. The van der Waals surface area contributed by atoms with Crippen molar-refractivity contribution in [2.45, 2.75) is 302 Å². The van der Waals surface area contributed by atoms with Gasteiger partial charge in [0.1, 0.15) is 6.10 Å². The number of aliphatic hydroxyl groups is 2. The molecule has 0 rings (SSSR count). The van der Waals surface area contributed by atoms with Crippen molar-refractivity contribution in [3.8, 4) is 0 Å². The number of ether oxygens (including phenoxy) is 1. The molecular weight excluding hydrogens is 815 g/mol. The number of carbonyl (C=O) groups is 2. The first-order chi connectivity index (χ1) is 32.5. The Hall–Kier alpha value is -2.44. The van der Waals surface area contributed by atoms with Gasteiger partial charge < -0.3 is 20.3 Å². The summed E-state index contributed by atoms with van der Waals surface area (Å²) < 4.78 is 5.94. The number of amides is 1. The molecular formula is C60H109NO5. The van der Waals surface area contributed by atoms with Gasteiger partial charge in [-0.25, -0.2) is 0 Å². The van der Waals surface area contributed by atoms with Crippen molar-refractivity contribution >= 4 is 11.9 Å². The van der Waals surface area contributed by atoms with Gasteiger partial charge in [-0.3, -0.25) is 9.59 Å². The third-order valence-electron chi connectivity index (χ3n) is 12.9. The molecule has 0 radical (unpaired) electrons. The quantitative estimate of drug-likeness (QED) is 0.0244. The molecule has 0 aromatic rings. The van der Waals surface area contributed by atoms with Gasteiger partial charge >= 0.3 is 5.97 Å². The summed E-state index contributed by atoms with van der Waals surface area (Å²) in [7, 11) is 0. The van der Waals surface area contributed by atoms with Gasteiger partial charge in [-0.15, -0.1) is 0 Å². The van der Waals surface area contributed by atoms with Crippen molar-refractivity contribution in [1.29, 1.82) is 0 Å². The summed E-state index contributed by atoms with van der Waals surface area (Å²) in [5.41, 5.74) is 0. The van der Waals surface area contributed by atoms with E-state index in [1.807, 2.05) is 0 Å². The highest BCUT2D eigenvalue weighted by atomic mass is 16.5. The summed E-state index contributed by atoms with van der Waals surface area (Å²) in [6.45, 7) is 6.45. The lowest BCUT2D eigenvalue weighted by molar-refractivity contribution is -0.151. The zero-order valence-corrected chi connectivity index (χ0v) is 43.8. The molecule has 0 aliphatic heterocycles. The number of unbranched alkanes of at least 4 members (excludes halogenated alkanes) is 32. The number of hydrogen-bond acceptors (Lipinski definition) is 5. The molecule has 0 fully saturated rings. The fourth-order valence-electron chi connectivity index (χ4n) is 8.56. The first-order valence-corrected chi connectivity index (χ1v) is 28.6. The maximum atomic E-state index is 13.3. The molecule has 0 aliphatic rings. The highest BCUT2D eigenvalue weighted by molar-refractivity contribution is 5.77. The summed E-state index contributed by atoms with van der Waals surface area (Å²) in [5.74, 6) is -0.510. The van der Waals surface area contributed by atoms with Crippen molar-refractivity contribution in [2.24, 2.45) is 0 Å². The molecule has 3 N–H and O–H groups in total. The SMILES string of the molecule is CCCCC/C=C/C=C/C=C/C=C/CCCCCC(CC(=O)NC(CO)C(O)CCCCCCCCCCCCCCCC)OC(=O)CCCCCCCCC/C=C/CCCCCCCC. The summed E-state index contributed by atoms with van der Waals surface area (Å²) in [6.07, 6.45) is 67.1. The van der Waals surface area contributed by atoms with E-state index < -0.39 is 18.2 Å². The monoisotopic (exact) mass is 924 g/mol. The molecule has 3 unspecified atom stereocenters. The minimum Gasteiger partial charge on any atom is -0.462 e. The van der Waals surface area contributed by atoms with Crippen LogP contribution in [0.1, 0.15) is 284 Å². The third-order valence-corrected chi connectivity index (χ3v) is 12.9. The average molecular weight is 925 g/mol. The van der Waals surface area contributed by atoms with Crippen LogP contribution in [0, 0.1) is 0 Å². The third kappa shape index (κ3) is 48.0. The van der Waals surface area contributed by atoms with E-state index in [4.69, 9.17) is 4.74 Å². The van der Waals surface area contributed by atoms with E-state index in [0.717, 1.165) is 70.6 Å². The van der Waals surface area contributed by atoms with E-state index in [0.29, 0.717) is 19.3 Å². The van der Waals surface area contributed by atoms with Crippen LogP contribution in [0.15, 0.2) is 60.8 Å². The van der Waals surface area contributed by atoms with Gasteiger partial charge in [0.2, 0.25) is 5.91 Å². The molecule has 384 valence electrons. The Morgan fingerprint density at radius 2 is 0.788 bits per heavy atom. The Bertz CT molecular complexity index is 1170. The number of allylic oxidation sites excluding steroid dienone is 10. The van der Waals surface area contributed by atoms with E-state index >= 15 is 0 Å². The molecule has 0 saturated heterocycles. The van der Waals surface area contributed by atoms with Crippen molar-refractivity contribution in [3.05, 3.63) is 60.8 Å². The van der Waals surface area contributed by atoms with E-state index in [1.54, 1.807) is 0 Å². The lowest BCUT2D eigenvalue weighted by Crippen LogP contribution is -2.46. The minimum atomic E-state index is -0.801. The van der Waals surface area contributed by atoms with Crippen LogP contribution in [-0.4, -0.2) is 46.9 Å². The lowest BCUT2D eigenvalue weighted by Gasteiger charge is -2.24. The molecule has 0 spiro atoms. The highest BCUT2D eigenvalue weighted by Gasteiger charge is 2.24. The molecule has 3 atom stereocenters. The van der Waals surface area contributed by atoms with E-state index in [-0.39, 0.29) is 24.9 Å².